The van der Waals surface area contributed by atoms with Crippen LogP contribution in [0.5, 0.6) is 0 Å². The average molecular weight is 523 g/mol. The zero-order valence-electron chi connectivity index (χ0n) is 20.1. The minimum Gasteiger partial charge on any atom is -0.329 e. The second-order valence-corrected chi connectivity index (χ2v) is 10.2. The molecule has 2 aromatic heterocycles. The van der Waals surface area contributed by atoms with Crippen LogP contribution in [0.2, 0.25) is 0 Å². The highest BCUT2D eigenvalue weighted by molar-refractivity contribution is 7.90. The van der Waals surface area contributed by atoms with Crippen molar-refractivity contribution in [1.29, 1.82) is 0 Å². The number of aryl methyl sites for hydroxylation is 2. The van der Waals surface area contributed by atoms with E-state index in [0.29, 0.717) is 22.5 Å². The van der Waals surface area contributed by atoms with Crippen molar-refractivity contribution in [2.45, 2.75) is 31.2 Å². The third-order valence-electron chi connectivity index (χ3n) is 5.64. The van der Waals surface area contributed by atoms with E-state index < -0.39 is 33.7 Å². The molecule has 37 heavy (non-hydrogen) atoms. The van der Waals surface area contributed by atoms with Gasteiger partial charge >= 0.3 is 6.03 Å². The molecule has 4 aromatic rings. The molecule has 0 bridgehead atoms. The largest absolute Gasteiger partial charge is 0.329 e. The Labute approximate surface area is 213 Å². The highest BCUT2D eigenvalue weighted by Gasteiger charge is 2.25. The van der Waals surface area contributed by atoms with Crippen LogP contribution in [0.3, 0.4) is 0 Å². The van der Waals surface area contributed by atoms with Crippen LogP contribution in [-0.4, -0.2) is 24.4 Å². The number of halogens is 2. The molecule has 0 aliphatic heterocycles. The molecule has 7 nitrogen and oxygen atoms in total. The number of nitrogens with zero attached hydrogens (tertiary/aromatic N) is 2. The molecular formula is C27H24F2N4O3S. The fraction of sp³-hybridized carbons (Fsp3) is 0.148. The molecule has 2 heterocycles. The van der Waals surface area contributed by atoms with Crippen LogP contribution in [0.25, 0.3) is 11.3 Å². The molecule has 0 aliphatic rings. The first-order valence-electron chi connectivity index (χ1n) is 11.3. The fourth-order valence-corrected chi connectivity index (χ4v) is 5.16. The zero-order valence-corrected chi connectivity index (χ0v) is 20.9. The van der Waals surface area contributed by atoms with Crippen molar-refractivity contribution in [3.8, 4) is 11.3 Å². The number of aromatic nitrogens is 2. The number of hydrogen-bond donors (Lipinski definition) is 2. The Hall–Kier alpha value is -4.18. The first-order chi connectivity index (χ1) is 17.6. The Morgan fingerprint density at radius 2 is 1.65 bits per heavy atom. The number of carbonyl (C=O) groups excluding carboxylic acids is 1. The van der Waals surface area contributed by atoms with E-state index in [-0.39, 0.29) is 16.9 Å². The quantitative estimate of drug-likeness (QED) is 0.355. The van der Waals surface area contributed by atoms with E-state index >= 15 is 0 Å². The number of sulfonamides is 1. The van der Waals surface area contributed by atoms with Crippen LogP contribution in [0.15, 0.2) is 84.0 Å². The smallest absolute Gasteiger partial charge is 0.329 e. The monoisotopic (exact) mass is 522 g/mol. The standard InChI is InChI=1S/C27H24F2N4O3S/c1-17-9-11-30-23(12-17)22-7-5-10-31-26(22)24(15-19-13-20(28)16-21(29)14-19)32-27(34)33-37(35,36)25-8-4-3-6-18(25)2/h3-14,16,24H,15H2,1-2H3,(H2,32,33,34)/t24-/m1/s1. The molecule has 10 heteroatoms. The average Bonchev–Trinajstić information content (AvgIpc) is 2.83. The molecule has 0 fully saturated rings. The van der Waals surface area contributed by atoms with Gasteiger partial charge in [0.15, 0.2) is 0 Å². The number of rotatable bonds is 7. The summed E-state index contributed by atoms with van der Waals surface area (Å²) in [5.41, 5.74) is 3.17. The molecule has 190 valence electrons. The van der Waals surface area contributed by atoms with Gasteiger partial charge in [0, 0.05) is 24.0 Å². The van der Waals surface area contributed by atoms with Crippen molar-refractivity contribution < 1.29 is 22.0 Å². The molecule has 2 aromatic carbocycles. The molecule has 2 N–H and O–H groups in total. The molecule has 2 amide bonds. The van der Waals surface area contributed by atoms with Gasteiger partial charge in [0.1, 0.15) is 11.6 Å². The minimum absolute atomic E-state index is 0.0450. The molecule has 0 aliphatic carbocycles. The van der Waals surface area contributed by atoms with Crippen molar-refractivity contribution in [2.24, 2.45) is 0 Å². The van der Waals surface area contributed by atoms with Crippen LogP contribution < -0.4 is 10.0 Å². The Morgan fingerprint density at radius 1 is 0.919 bits per heavy atom. The summed E-state index contributed by atoms with van der Waals surface area (Å²) < 4.78 is 55.6. The molecule has 0 spiro atoms. The van der Waals surface area contributed by atoms with Gasteiger partial charge in [-0.3, -0.25) is 9.97 Å². The number of hydrogen-bond acceptors (Lipinski definition) is 5. The summed E-state index contributed by atoms with van der Waals surface area (Å²) in [7, 11) is -4.19. The SMILES string of the molecule is Cc1ccnc(-c2cccnc2[C@@H](Cc2cc(F)cc(F)c2)NC(=O)NS(=O)(=O)c2ccccc2C)c1. The van der Waals surface area contributed by atoms with E-state index in [1.54, 1.807) is 43.5 Å². The summed E-state index contributed by atoms with van der Waals surface area (Å²) in [4.78, 5) is 21.7. The van der Waals surface area contributed by atoms with Crippen LogP contribution in [0, 0.1) is 25.5 Å². The Bertz CT molecular complexity index is 1540. The summed E-state index contributed by atoms with van der Waals surface area (Å²) in [6.45, 7) is 3.51. The first kappa shape index (κ1) is 25.9. The Morgan fingerprint density at radius 3 is 2.35 bits per heavy atom. The molecule has 0 saturated heterocycles. The second-order valence-electron chi connectivity index (χ2n) is 8.53. The molecule has 0 unspecified atom stereocenters. The number of carbonyl (C=O) groups is 1. The predicted molar refractivity (Wildman–Crippen MR) is 135 cm³/mol. The number of amides is 2. The van der Waals surface area contributed by atoms with Crippen LogP contribution in [0.4, 0.5) is 13.6 Å². The third-order valence-corrected chi connectivity index (χ3v) is 7.13. The highest BCUT2D eigenvalue weighted by atomic mass is 32.2. The zero-order chi connectivity index (χ0) is 26.6. The van der Waals surface area contributed by atoms with Gasteiger partial charge in [-0.15, -0.1) is 0 Å². The van der Waals surface area contributed by atoms with Crippen molar-refractivity contribution in [1.82, 2.24) is 20.0 Å². The summed E-state index contributed by atoms with van der Waals surface area (Å²) in [5.74, 6) is -1.55. The number of pyridine rings is 2. The van der Waals surface area contributed by atoms with E-state index in [0.717, 1.165) is 23.8 Å². The van der Waals surface area contributed by atoms with Gasteiger partial charge in [0.05, 0.1) is 22.3 Å². The van der Waals surface area contributed by atoms with Gasteiger partial charge in [0.2, 0.25) is 0 Å². The first-order valence-corrected chi connectivity index (χ1v) is 12.8. The van der Waals surface area contributed by atoms with Crippen molar-refractivity contribution >= 4 is 16.1 Å². The van der Waals surface area contributed by atoms with Crippen molar-refractivity contribution in [3.63, 3.8) is 0 Å². The van der Waals surface area contributed by atoms with Gasteiger partial charge in [0.25, 0.3) is 10.0 Å². The van der Waals surface area contributed by atoms with Crippen molar-refractivity contribution in [3.05, 3.63) is 113 Å². The fourth-order valence-electron chi connectivity index (χ4n) is 4.00. The van der Waals surface area contributed by atoms with Gasteiger partial charge in [-0.05, 0) is 79.4 Å². The second kappa shape index (κ2) is 10.8. The van der Waals surface area contributed by atoms with E-state index in [9.17, 15) is 22.0 Å². The van der Waals surface area contributed by atoms with Crippen LogP contribution >= 0.6 is 0 Å². The lowest BCUT2D eigenvalue weighted by Gasteiger charge is -2.22. The van der Waals surface area contributed by atoms with Gasteiger partial charge in [-0.2, -0.15) is 0 Å². The van der Waals surface area contributed by atoms with Crippen LogP contribution in [0.1, 0.15) is 28.4 Å². The maximum Gasteiger partial charge on any atom is 0.329 e. The molecule has 0 saturated carbocycles. The molecule has 4 rings (SSSR count). The lowest BCUT2D eigenvalue weighted by Crippen LogP contribution is -2.42. The third kappa shape index (κ3) is 6.34. The summed E-state index contributed by atoms with van der Waals surface area (Å²) in [6.07, 6.45) is 3.08. The summed E-state index contributed by atoms with van der Waals surface area (Å²) in [6, 6.07) is 14.4. The summed E-state index contributed by atoms with van der Waals surface area (Å²) >= 11 is 0. The number of urea groups is 1. The maximum atomic E-state index is 13.9. The highest BCUT2D eigenvalue weighted by Crippen LogP contribution is 2.28. The number of nitrogens with one attached hydrogen (secondary N) is 2. The molecular weight excluding hydrogens is 498 g/mol. The van der Waals surface area contributed by atoms with Gasteiger partial charge < -0.3 is 5.32 Å². The van der Waals surface area contributed by atoms with Gasteiger partial charge in [-0.25, -0.2) is 26.7 Å². The lowest BCUT2D eigenvalue weighted by molar-refractivity contribution is 0.241. The summed E-state index contributed by atoms with van der Waals surface area (Å²) in [5, 5.41) is 2.63. The number of benzene rings is 2. The van der Waals surface area contributed by atoms with E-state index in [2.05, 4.69) is 15.3 Å². The predicted octanol–water partition coefficient (Wildman–Crippen LogP) is 5.01. The van der Waals surface area contributed by atoms with E-state index in [1.807, 2.05) is 23.8 Å². The van der Waals surface area contributed by atoms with Crippen LogP contribution in [-0.2, 0) is 16.4 Å². The molecule has 1 atom stereocenters. The maximum absolute atomic E-state index is 13.9. The topological polar surface area (TPSA) is 101 Å². The minimum atomic E-state index is -4.19. The van der Waals surface area contributed by atoms with Gasteiger partial charge in [-0.1, -0.05) is 18.2 Å². The Kier molecular flexibility index (Phi) is 7.58. The lowest BCUT2D eigenvalue weighted by atomic mass is 9.97. The Balaban J connectivity index is 1.71. The van der Waals surface area contributed by atoms with E-state index in [1.165, 1.54) is 12.3 Å². The van der Waals surface area contributed by atoms with Crippen molar-refractivity contribution in [2.75, 3.05) is 0 Å². The molecule has 0 radical (unpaired) electrons. The normalized spacial score (nSPS) is 12.1. The van der Waals surface area contributed by atoms with E-state index in [4.69, 9.17) is 0 Å².